The predicted molar refractivity (Wildman–Crippen MR) is 122 cm³/mol. The summed E-state index contributed by atoms with van der Waals surface area (Å²) >= 11 is 11.5. The number of hydrogen-bond acceptors (Lipinski definition) is 2. The third-order valence-electron chi connectivity index (χ3n) is 5.11. The van der Waals surface area contributed by atoms with Crippen LogP contribution in [0.15, 0.2) is 84.1 Å². The molecular weight excluding hydrogens is 438 g/mol. The third kappa shape index (κ3) is 4.09. The van der Waals surface area contributed by atoms with Gasteiger partial charge in [0.25, 0.3) is 0 Å². The fourth-order valence-electron chi connectivity index (χ4n) is 3.65. The van der Waals surface area contributed by atoms with Crippen molar-refractivity contribution < 1.29 is 13.6 Å². The number of nitrogens with zero attached hydrogens (tertiary/aromatic N) is 1. The van der Waals surface area contributed by atoms with E-state index in [1.54, 1.807) is 48.2 Å². The summed E-state index contributed by atoms with van der Waals surface area (Å²) in [6.07, 6.45) is 0. The van der Waals surface area contributed by atoms with Crippen LogP contribution in [0.4, 0.5) is 14.5 Å². The highest BCUT2D eigenvalue weighted by molar-refractivity contribution is 7.80. The molecule has 0 fully saturated rings. The van der Waals surface area contributed by atoms with Gasteiger partial charge in [0, 0.05) is 22.5 Å². The van der Waals surface area contributed by atoms with Crippen molar-refractivity contribution in [2.45, 2.75) is 13.0 Å². The van der Waals surface area contributed by atoms with Crippen LogP contribution in [0.3, 0.4) is 0 Å². The second kappa shape index (κ2) is 8.57. The lowest BCUT2D eigenvalue weighted by atomic mass is 9.89. The SMILES string of the molecule is CC1=C(C(=O)c2ccccc2)C(c2cccc(F)c2)NC(=S)N1c1ccc(F)c(Cl)c1. The number of nitrogens with one attached hydrogen (secondary N) is 1. The fourth-order valence-corrected chi connectivity index (χ4v) is 4.19. The number of hydrogen-bond donors (Lipinski definition) is 1. The molecule has 0 aromatic heterocycles. The van der Waals surface area contributed by atoms with Gasteiger partial charge in [-0.15, -0.1) is 0 Å². The summed E-state index contributed by atoms with van der Waals surface area (Å²) < 4.78 is 27.7. The lowest BCUT2D eigenvalue weighted by molar-refractivity contribution is 0.102. The van der Waals surface area contributed by atoms with Crippen molar-refractivity contribution in [1.29, 1.82) is 0 Å². The molecule has 0 saturated heterocycles. The Morgan fingerprint density at radius 3 is 2.45 bits per heavy atom. The first kappa shape index (κ1) is 21.2. The lowest BCUT2D eigenvalue weighted by Crippen LogP contribution is -2.48. The van der Waals surface area contributed by atoms with Crippen molar-refractivity contribution in [3.8, 4) is 0 Å². The first-order valence-electron chi connectivity index (χ1n) is 9.48. The number of carbonyl (C=O) groups is 1. The summed E-state index contributed by atoms with van der Waals surface area (Å²) in [5.41, 5.74) is 2.53. The molecule has 1 aliphatic rings. The Morgan fingerprint density at radius 1 is 1.03 bits per heavy atom. The van der Waals surface area contributed by atoms with Crippen molar-refractivity contribution in [3.63, 3.8) is 0 Å². The molecule has 7 heteroatoms. The Hall–Kier alpha value is -3.09. The molecule has 31 heavy (non-hydrogen) atoms. The zero-order valence-corrected chi connectivity index (χ0v) is 18.0. The van der Waals surface area contributed by atoms with Crippen LogP contribution >= 0.6 is 23.8 Å². The first-order valence-corrected chi connectivity index (χ1v) is 10.3. The van der Waals surface area contributed by atoms with Gasteiger partial charge in [-0.25, -0.2) is 8.78 Å². The van der Waals surface area contributed by atoms with Gasteiger partial charge in [-0.05, 0) is 55.0 Å². The first-order chi connectivity index (χ1) is 14.9. The number of Topliss-reactive ketones (excluding diaryl/α,β-unsaturated/α-hetero) is 1. The van der Waals surface area contributed by atoms with E-state index >= 15 is 0 Å². The summed E-state index contributed by atoms with van der Waals surface area (Å²) in [6.45, 7) is 1.76. The number of allylic oxidation sites excluding steroid dienone is 1. The molecule has 1 atom stereocenters. The molecule has 0 radical (unpaired) electrons. The van der Waals surface area contributed by atoms with Crippen molar-refractivity contribution in [3.05, 3.63) is 112 Å². The number of anilines is 1. The topological polar surface area (TPSA) is 32.3 Å². The zero-order chi connectivity index (χ0) is 22.1. The molecular formula is C24H17ClF2N2OS. The van der Waals surface area contributed by atoms with Gasteiger partial charge in [0.05, 0.1) is 11.1 Å². The average Bonchev–Trinajstić information content (AvgIpc) is 2.76. The number of halogens is 3. The molecule has 0 amide bonds. The summed E-state index contributed by atoms with van der Waals surface area (Å²) in [7, 11) is 0. The molecule has 0 spiro atoms. The van der Waals surface area contributed by atoms with Gasteiger partial charge in [-0.3, -0.25) is 9.69 Å². The van der Waals surface area contributed by atoms with Crippen LogP contribution in [0.5, 0.6) is 0 Å². The van der Waals surface area contributed by atoms with Crippen molar-refractivity contribution >= 4 is 40.4 Å². The molecule has 1 unspecified atom stereocenters. The van der Waals surface area contributed by atoms with Gasteiger partial charge < -0.3 is 5.32 Å². The van der Waals surface area contributed by atoms with Crippen LogP contribution in [0.2, 0.25) is 5.02 Å². The molecule has 3 aromatic rings. The highest BCUT2D eigenvalue weighted by atomic mass is 35.5. The second-order valence-corrected chi connectivity index (χ2v) is 7.86. The van der Waals surface area contributed by atoms with E-state index in [1.807, 2.05) is 6.07 Å². The standard InChI is InChI=1S/C24H17ClF2N2OS/c1-14-21(23(30)15-6-3-2-4-7-15)22(16-8-5-9-17(26)12-16)28-24(31)29(14)18-10-11-20(27)19(25)13-18/h2-13,22H,1H3,(H,28,31). The minimum atomic E-state index is -0.650. The van der Waals surface area contributed by atoms with E-state index in [-0.39, 0.29) is 10.8 Å². The molecule has 4 rings (SSSR count). The molecule has 0 saturated carbocycles. The van der Waals surface area contributed by atoms with Crippen molar-refractivity contribution in [1.82, 2.24) is 5.32 Å². The van der Waals surface area contributed by atoms with Crippen LogP contribution in [-0.2, 0) is 0 Å². The van der Waals surface area contributed by atoms with E-state index in [0.717, 1.165) is 0 Å². The van der Waals surface area contributed by atoms with Crippen LogP contribution in [0.25, 0.3) is 0 Å². The quantitative estimate of drug-likeness (QED) is 0.375. The van der Waals surface area contributed by atoms with Gasteiger partial charge >= 0.3 is 0 Å². The highest BCUT2D eigenvalue weighted by Gasteiger charge is 2.35. The van der Waals surface area contributed by atoms with E-state index in [2.05, 4.69) is 5.32 Å². The monoisotopic (exact) mass is 454 g/mol. The Morgan fingerprint density at radius 2 is 1.77 bits per heavy atom. The Labute approximate surface area is 189 Å². The van der Waals surface area contributed by atoms with Crippen LogP contribution < -0.4 is 10.2 Å². The number of benzene rings is 3. The van der Waals surface area contributed by atoms with Crippen molar-refractivity contribution in [2.75, 3.05) is 4.90 Å². The molecule has 3 aromatic carbocycles. The van der Waals surface area contributed by atoms with E-state index in [4.69, 9.17) is 23.8 Å². The van der Waals surface area contributed by atoms with Gasteiger partial charge in [0.15, 0.2) is 10.9 Å². The number of carbonyl (C=O) groups excluding carboxylic acids is 1. The molecule has 1 heterocycles. The molecule has 0 aliphatic carbocycles. The molecule has 3 nitrogen and oxygen atoms in total. The minimum absolute atomic E-state index is 0.0590. The molecule has 1 aliphatic heterocycles. The Balaban J connectivity index is 1.90. The molecule has 1 N–H and O–H groups in total. The maximum Gasteiger partial charge on any atom is 0.193 e. The van der Waals surface area contributed by atoms with E-state index < -0.39 is 17.7 Å². The minimum Gasteiger partial charge on any atom is -0.351 e. The van der Waals surface area contributed by atoms with Crippen LogP contribution in [-0.4, -0.2) is 10.9 Å². The van der Waals surface area contributed by atoms with Gasteiger partial charge in [-0.1, -0.05) is 54.1 Å². The smallest absolute Gasteiger partial charge is 0.193 e. The molecule has 156 valence electrons. The van der Waals surface area contributed by atoms with Gasteiger partial charge in [0.2, 0.25) is 0 Å². The number of ketones is 1. The summed E-state index contributed by atoms with van der Waals surface area (Å²) in [6, 6.07) is 18.4. The van der Waals surface area contributed by atoms with Crippen molar-refractivity contribution in [2.24, 2.45) is 0 Å². The fraction of sp³-hybridized carbons (Fsp3) is 0.0833. The number of thiocarbonyl (C=S) groups is 1. The van der Waals surface area contributed by atoms with E-state index in [0.29, 0.717) is 33.2 Å². The average molecular weight is 455 g/mol. The van der Waals surface area contributed by atoms with E-state index in [1.165, 1.54) is 30.3 Å². The summed E-state index contributed by atoms with van der Waals surface area (Å²) in [4.78, 5) is 15.2. The van der Waals surface area contributed by atoms with Gasteiger partial charge in [-0.2, -0.15) is 0 Å². The number of rotatable bonds is 4. The zero-order valence-electron chi connectivity index (χ0n) is 16.4. The van der Waals surface area contributed by atoms with Gasteiger partial charge in [0.1, 0.15) is 11.6 Å². The second-order valence-electron chi connectivity index (χ2n) is 7.07. The lowest BCUT2D eigenvalue weighted by Gasteiger charge is -2.38. The Kier molecular flexibility index (Phi) is 5.85. The summed E-state index contributed by atoms with van der Waals surface area (Å²) in [5.74, 6) is -1.19. The largest absolute Gasteiger partial charge is 0.351 e. The predicted octanol–water partition coefficient (Wildman–Crippen LogP) is 6.21. The van der Waals surface area contributed by atoms with Crippen LogP contribution in [0, 0.1) is 11.6 Å². The summed E-state index contributed by atoms with van der Waals surface area (Å²) in [5, 5.41) is 3.38. The third-order valence-corrected chi connectivity index (χ3v) is 5.70. The van der Waals surface area contributed by atoms with Crippen LogP contribution in [0.1, 0.15) is 28.9 Å². The normalized spacial score (nSPS) is 16.3. The molecule has 0 bridgehead atoms. The highest BCUT2D eigenvalue weighted by Crippen LogP contribution is 2.36. The van der Waals surface area contributed by atoms with E-state index in [9.17, 15) is 13.6 Å². The maximum absolute atomic E-state index is 14.0. The maximum atomic E-state index is 14.0. The Bertz CT molecular complexity index is 1210.